The molecule has 7 heteroatoms. The van der Waals surface area contributed by atoms with E-state index < -0.39 is 11.7 Å². The molecule has 138 valence electrons. The number of carbonyl (C=O) groups excluding carboxylic acids is 1. The van der Waals surface area contributed by atoms with E-state index in [0.717, 1.165) is 17.3 Å². The average molecular weight is 365 g/mol. The molecule has 0 saturated carbocycles. The lowest BCUT2D eigenvalue weighted by Gasteiger charge is -2.26. The van der Waals surface area contributed by atoms with Gasteiger partial charge in [-0.3, -0.25) is 9.78 Å². The molecule has 0 radical (unpaired) electrons. The molecule has 1 aromatic carbocycles. The zero-order chi connectivity index (χ0) is 19.2. The van der Waals surface area contributed by atoms with Crippen LogP contribution in [0, 0.1) is 5.82 Å². The Hall–Kier alpha value is -3.48. The molecule has 2 heterocycles. The number of anilines is 1. The molecule has 1 aromatic heterocycles. The van der Waals surface area contributed by atoms with Crippen molar-refractivity contribution in [3.8, 4) is 0 Å². The van der Waals surface area contributed by atoms with Gasteiger partial charge < -0.3 is 16.0 Å². The molecule has 1 aliphatic heterocycles. The van der Waals surface area contributed by atoms with Crippen molar-refractivity contribution < 1.29 is 13.8 Å². The van der Waals surface area contributed by atoms with Crippen molar-refractivity contribution in [1.29, 1.82) is 0 Å². The van der Waals surface area contributed by atoms with E-state index in [2.05, 4.69) is 20.9 Å². The maximum Gasteiger partial charge on any atom is 0.260 e. The van der Waals surface area contributed by atoms with Crippen molar-refractivity contribution in [2.45, 2.75) is 13.0 Å². The van der Waals surface area contributed by atoms with Gasteiger partial charge in [0.2, 0.25) is 0 Å². The van der Waals surface area contributed by atoms with Crippen LogP contribution in [0.1, 0.15) is 28.9 Å². The Morgan fingerprint density at radius 2 is 2.19 bits per heavy atom. The van der Waals surface area contributed by atoms with Gasteiger partial charge in [-0.25, -0.2) is 8.97 Å². The standard InChI is InChI=1S/C20H20FN5O/c1-14(23-8-9-24-17-12-26(2)13-17)15-4-3-5-16(10-15)25-20(27)18-11-22-7-6-19(18)21/h3-14,24H,1-2H3,(H,25,27). The maximum atomic E-state index is 13.7. The van der Waals surface area contributed by atoms with Crippen molar-refractivity contribution >= 4 is 17.8 Å². The molecule has 0 saturated heterocycles. The first-order valence-corrected chi connectivity index (χ1v) is 8.44. The lowest BCUT2D eigenvalue weighted by molar-refractivity contribution is -0.429. The van der Waals surface area contributed by atoms with Crippen LogP contribution < -0.4 is 10.6 Å². The van der Waals surface area contributed by atoms with E-state index in [-0.39, 0.29) is 11.6 Å². The fraction of sp³-hybridized carbons (Fsp3) is 0.150. The average Bonchev–Trinajstić information content (AvgIpc) is 2.63. The lowest BCUT2D eigenvalue weighted by atomic mass is 10.1. The van der Waals surface area contributed by atoms with Gasteiger partial charge in [-0.1, -0.05) is 30.7 Å². The summed E-state index contributed by atoms with van der Waals surface area (Å²) in [5.41, 5.74) is 2.42. The monoisotopic (exact) mass is 365 g/mol. The molecule has 0 spiro atoms. The van der Waals surface area contributed by atoms with E-state index in [0.29, 0.717) is 5.69 Å². The number of amides is 1. The number of aromatic nitrogens is 1. The first kappa shape index (κ1) is 18.3. The van der Waals surface area contributed by atoms with E-state index in [9.17, 15) is 9.18 Å². The van der Waals surface area contributed by atoms with E-state index in [4.69, 9.17) is 0 Å². The largest absolute Gasteiger partial charge is 0.683 e. The number of pyridine rings is 1. The maximum absolute atomic E-state index is 13.7. The van der Waals surface area contributed by atoms with Gasteiger partial charge in [-0.15, -0.1) is 0 Å². The van der Waals surface area contributed by atoms with E-state index in [1.165, 1.54) is 12.4 Å². The van der Waals surface area contributed by atoms with Gasteiger partial charge in [-0.05, 0) is 24.4 Å². The molecule has 1 atom stereocenters. The Labute approximate surface area is 157 Å². The third-order valence-electron chi connectivity index (χ3n) is 3.96. The molecule has 2 aromatic rings. The first-order valence-electron chi connectivity index (χ1n) is 8.44. The molecule has 6 nitrogen and oxygen atoms in total. The van der Waals surface area contributed by atoms with Crippen LogP contribution in [-0.4, -0.2) is 28.7 Å². The van der Waals surface area contributed by atoms with E-state index in [1.54, 1.807) is 18.5 Å². The van der Waals surface area contributed by atoms with Gasteiger partial charge in [0, 0.05) is 18.1 Å². The third kappa shape index (κ3) is 4.78. The summed E-state index contributed by atoms with van der Waals surface area (Å²) in [7, 11) is 1.95. The zero-order valence-corrected chi connectivity index (χ0v) is 15.1. The van der Waals surface area contributed by atoms with Crippen molar-refractivity contribution in [2.75, 3.05) is 12.4 Å². The number of nitrogens with zero attached hydrogens (tertiary/aromatic N) is 3. The molecular formula is C20H20FN5O. The predicted octanol–water partition coefficient (Wildman–Crippen LogP) is 3.54. The topological polar surface area (TPSA) is 71.1 Å². The Balaban J connectivity index is 1.58. The number of hydrogen-bond donors (Lipinski definition) is 2. The number of hydrogen-bond acceptors (Lipinski definition) is 3. The Morgan fingerprint density at radius 3 is 2.93 bits per heavy atom. The second-order valence-corrected chi connectivity index (χ2v) is 6.10. The van der Waals surface area contributed by atoms with Crippen LogP contribution in [0.3, 0.4) is 0 Å². The summed E-state index contributed by atoms with van der Waals surface area (Å²) >= 11 is 0. The number of allylic oxidation sites excluding steroid dienone is 1. The summed E-state index contributed by atoms with van der Waals surface area (Å²) in [5.74, 6) is -1.15. The predicted molar refractivity (Wildman–Crippen MR) is 103 cm³/mol. The fourth-order valence-electron chi connectivity index (χ4n) is 2.51. The Morgan fingerprint density at radius 1 is 1.37 bits per heavy atom. The number of carbonyl (C=O) groups is 1. The smallest absolute Gasteiger partial charge is 0.260 e. The van der Waals surface area contributed by atoms with Gasteiger partial charge in [0.15, 0.2) is 18.1 Å². The first-order chi connectivity index (χ1) is 13.0. The molecule has 0 aliphatic carbocycles. The van der Waals surface area contributed by atoms with Crippen molar-refractivity contribution in [3.05, 3.63) is 89.3 Å². The molecule has 1 unspecified atom stereocenters. The highest BCUT2D eigenvalue weighted by atomic mass is 19.1. The summed E-state index contributed by atoms with van der Waals surface area (Å²) < 4.78 is 15.6. The highest BCUT2D eigenvalue weighted by Gasteiger charge is 2.12. The summed E-state index contributed by atoms with van der Waals surface area (Å²) in [4.78, 5) is 16.0. The normalized spacial score (nSPS) is 14.0. The van der Waals surface area contributed by atoms with E-state index in [1.807, 2.05) is 49.2 Å². The van der Waals surface area contributed by atoms with Crippen molar-refractivity contribution in [2.24, 2.45) is 0 Å². The van der Waals surface area contributed by atoms with Crippen LogP contribution in [-0.2, 0) is 0 Å². The summed E-state index contributed by atoms with van der Waals surface area (Å²) in [6.07, 6.45) is 9.90. The van der Waals surface area contributed by atoms with Crippen molar-refractivity contribution in [1.82, 2.24) is 10.3 Å². The van der Waals surface area contributed by atoms with Crippen molar-refractivity contribution in [3.63, 3.8) is 0 Å². The SMILES string of the molecule is CC([N-]C=CNC1=C[N+](C)=C1)c1cccc(NC(=O)c2cnccc2F)c1. The van der Waals surface area contributed by atoms with Crippen LogP contribution in [0.15, 0.2) is 67.0 Å². The quantitative estimate of drug-likeness (QED) is 0.738. The second-order valence-electron chi connectivity index (χ2n) is 6.10. The van der Waals surface area contributed by atoms with Crippen LogP contribution in [0.25, 0.3) is 5.32 Å². The van der Waals surface area contributed by atoms with E-state index >= 15 is 0 Å². The molecule has 1 aliphatic rings. The molecule has 1 amide bonds. The molecule has 27 heavy (non-hydrogen) atoms. The second kappa shape index (κ2) is 8.27. The van der Waals surface area contributed by atoms with Crippen LogP contribution >= 0.6 is 0 Å². The van der Waals surface area contributed by atoms with Gasteiger partial charge in [-0.2, -0.15) is 6.20 Å². The van der Waals surface area contributed by atoms with Crippen LogP contribution in [0.2, 0.25) is 0 Å². The highest BCUT2D eigenvalue weighted by molar-refractivity contribution is 6.04. The number of nitrogens with one attached hydrogen (secondary N) is 2. The summed E-state index contributed by atoms with van der Waals surface area (Å²) in [6.45, 7) is 1.95. The zero-order valence-electron chi connectivity index (χ0n) is 15.1. The highest BCUT2D eigenvalue weighted by Crippen LogP contribution is 2.24. The number of benzene rings is 1. The minimum absolute atomic E-state index is 0.0950. The minimum Gasteiger partial charge on any atom is -0.683 e. The van der Waals surface area contributed by atoms with Gasteiger partial charge in [0.05, 0.1) is 5.56 Å². The molecule has 2 N–H and O–H groups in total. The molecule has 0 fully saturated rings. The van der Waals surface area contributed by atoms with Gasteiger partial charge in [0.25, 0.3) is 5.91 Å². The van der Waals surface area contributed by atoms with Crippen LogP contribution in [0.5, 0.6) is 0 Å². The van der Waals surface area contributed by atoms with Crippen LogP contribution in [0.4, 0.5) is 10.1 Å². The summed E-state index contributed by atoms with van der Waals surface area (Å²) in [6, 6.07) is 8.36. The van der Waals surface area contributed by atoms with Gasteiger partial charge >= 0.3 is 0 Å². The Kier molecular flexibility index (Phi) is 5.61. The molecule has 0 bridgehead atoms. The lowest BCUT2D eigenvalue weighted by Crippen LogP contribution is -2.21. The van der Waals surface area contributed by atoms with Gasteiger partial charge in [0.1, 0.15) is 12.9 Å². The number of rotatable bonds is 7. The fourth-order valence-corrected chi connectivity index (χ4v) is 2.51. The summed E-state index contributed by atoms with van der Waals surface area (Å²) in [5, 5.41) is 10.3. The minimum atomic E-state index is -0.607. The molecular weight excluding hydrogens is 345 g/mol. The molecule has 3 rings (SSSR count). The number of halogens is 1. The third-order valence-corrected chi connectivity index (χ3v) is 3.96. The Bertz CT molecular complexity index is 935.